The summed E-state index contributed by atoms with van der Waals surface area (Å²) < 4.78 is 3.81. The van der Waals surface area contributed by atoms with Gasteiger partial charge in [-0.3, -0.25) is 4.79 Å². The maximum absolute atomic E-state index is 12.8. The first kappa shape index (κ1) is 14.6. The Labute approximate surface area is 139 Å². The summed E-state index contributed by atoms with van der Waals surface area (Å²) in [5, 5.41) is 12.6. The zero-order chi connectivity index (χ0) is 16.5. The number of aryl methyl sites for hydroxylation is 1. The SMILES string of the molecule is Cc1nnc2n1CCN(C(=O)c1cnn(-c3ccccc3)c1)CC2. The zero-order valence-electron chi connectivity index (χ0n) is 13.5. The molecule has 0 atom stereocenters. The van der Waals surface area contributed by atoms with Crippen molar-refractivity contribution in [1.29, 1.82) is 0 Å². The van der Waals surface area contributed by atoms with Crippen molar-refractivity contribution in [3.05, 3.63) is 59.9 Å². The molecule has 1 aromatic carbocycles. The molecule has 1 aliphatic rings. The average molecular weight is 322 g/mol. The van der Waals surface area contributed by atoms with Crippen molar-refractivity contribution in [2.24, 2.45) is 0 Å². The molecule has 0 saturated carbocycles. The number of fused-ring (bicyclic) bond motifs is 1. The Morgan fingerprint density at radius 3 is 2.75 bits per heavy atom. The van der Waals surface area contributed by atoms with Crippen LogP contribution in [0.4, 0.5) is 0 Å². The minimum absolute atomic E-state index is 0.00791. The van der Waals surface area contributed by atoms with Crippen LogP contribution in [-0.2, 0) is 13.0 Å². The summed E-state index contributed by atoms with van der Waals surface area (Å²) in [6.45, 7) is 3.97. The fourth-order valence-electron chi connectivity index (χ4n) is 3.01. The van der Waals surface area contributed by atoms with Crippen LogP contribution in [-0.4, -0.2) is 48.4 Å². The number of carbonyl (C=O) groups is 1. The second kappa shape index (κ2) is 5.92. The van der Waals surface area contributed by atoms with Gasteiger partial charge in [-0.1, -0.05) is 18.2 Å². The molecule has 0 saturated heterocycles. The molecule has 7 nitrogen and oxygen atoms in total. The standard InChI is InChI=1S/C17H18N6O/c1-13-19-20-16-7-8-21(9-10-22(13)16)17(24)14-11-18-23(12-14)15-5-3-2-4-6-15/h2-6,11-12H,7-10H2,1H3. The molecule has 1 aliphatic heterocycles. The van der Waals surface area contributed by atoms with E-state index >= 15 is 0 Å². The number of hydrogen-bond acceptors (Lipinski definition) is 4. The highest BCUT2D eigenvalue weighted by Crippen LogP contribution is 2.13. The minimum atomic E-state index is 0.00791. The van der Waals surface area contributed by atoms with E-state index in [1.54, 1.807) is 17.1 Å². The number of rotatable bonds is 2. The van der Waals surface area contributed by atoms with Gasteiger partial charge in [0.1, 0.15) is 11.6 Å². The molecule has 2 aromatic heterocycles. The van der Waals surface area contributed by atoms with Gasteiger partial charge in [0.25, 0.3) is 5.91 Å². The summed E-state index contributed by atoms with van der Waals surface area (Å²) in [5.74, 6) is 1.85. The summed E-state index contributed by atoms with van der Waals surface area (Å²) in [7, 11) is 0. The highest BCUT2D eigenvalue weighted by Gasteiger charge is 2.22. The van der Waals surface area contributed by atoms with E-state index in [0.717, 1.165) is 30.3 Å². The molecule has 1 amide bonds. The molecule has 122 valence electrons. The van der Waals surface area contributed by atoms with Gasteiger partial charge in [-0.15, -0.1) is 10.2 Å². The van der Waals surface area contributed by atoms with Crippen molar-refractivity contribution in [1.82, 2.24) is 29.4 Å². The molecule has 0 fully saturated rings. The Bertz CT molecular complexity index is 866. The van der Waals surface area contributed by atoms with Crippen LogP contribution in [0.25, 0.3) is 5.69 Å². The molecular formula is C17H18N6O. The third-order valence-electron chi connectivity index (χ3n) is 4.35. The molecule has 3 heterocycles. The molecule has 3 aromatic rings. The smallest absolute Gasteiger partial charge is 0.257 e. The number of para-hydroxylation sites is 1. The first-order valence-corrected chi connectivity index (χ1v) is 8.00. The van der Waals surface area contributed by atoms with Gasteiger partial charge in [0.05, 0.1) is 17.4 Å². The largest absolute Gasteiger partial charge is 0.336 e. The van der Waals surface area contributed by atoms with Gasteiger partial charge in [-0.05, 0) is 19.1 Å². The highest BCUT2D eigenvalue weighted by molar-refractivity contribution is 5.93. The van der Waals surface area contributed by atoms with Crippen LogP contribution in [0.3, 0.4) is 0 Å². The summed E-state index contributed by atoms with van der Waals surface area (Å²) in [6.07, 6.45) is 4.14. The van der Waals surface area contributed by atoms with Crippen LogP contribution in [0.5, 0.6) is 0 Å². The molecule has 0 bridgehead atoms. The van der Waals surface area contributed by atoms with Crippen LogP contribution >= 0.6 is 0 Å². The number of amides is 1. The number of carbonyl (C=O) groups excluding carboxylic acids is 1. The van der Waals surface area contributed by atoms with Crippen molar-refractivity contribution in [2.75, 3.05) is 13.1 Å². The van der Waals surface area contributed by atoms with Gasteiger partial charge >= 0.3 is 0 Å². The number of aromatic nitrogens is 5. The van der Waals surface area contributed by atoms with E-state index in [2.05, 4.69) is 19.9 Å². The molecule has 4 rings (SSSR count). The van der Waals surface area contributed by atoms with Gasteiger partial charge in [0.2, 0.25) is 0 Å². The van der Waals surface area contributed by atoms with Crippen molar-refractivity contribution in [3.63, 3.8) is 0 Å². The molecule has 0 aliphatic carbocycles. The van der Waals surface area contributed by atoms with E-state index in [4.69, 9.17) is 0 Å². The van der Waals surface area contributed by atoms with Crippen LogP contribution in [0.15, 0.2) is 42.7 Å². The number of hydrogen-bond donors (Lipinski definition) is 0. The summed E-state index contributed by atoms with van der Waals surface area (Å²) in [5.41, 5.74) is 1.54. The minimum Gasteiger partial charge on any atom is -0.336 e. The van der Waals surface area contributed by atoms with Crippen molar-refractivity contribution in [2.45, 2.75) is 19.9 Å². The third-order valence-corrected chi connectivity index (χ3v) is 4.35. The topological polar surface area (TPSA) is 68.8 Å². The quantitative estimate of drug-likeness (QED) is 0.716. The van der Waals surface area contributed by atoms with Gasteiger partial charge in [0, 0.05) is 32.3 Å². The predicted octanol–water partition coefficient (Wildman–Crippen LogP) is 1.47. The lowest BCUT2D eigenvalue weighted by Gasteiger charge is -2.19. The van der Waals surface area contributed by atoms with E-state index in [9.17, 15) is 4.79 Å². The molecule has 0 N–H and O–H groups in total. The average Bonchev–Trinajstić information content (AvgIpc) is 3.17. The maximum Gasteiger partial charge on any atom is 0.257 e. The van der Waals surface area contributed by atoms with Crippen LogP contribution in [0.1, 0.15) is 22.0 Å². The fourth-order valence-corrected chi connectivity index (χ4v) is 3.01. The number of nitrogens with zero attached hydrogens (tertiary/aromatic N) is 6. The molecule has 0 spiro atoms. The number of benzene rings is 1. The zero-order valence-corrected chi connectivity index (χ0v) is 13.5. The summed E-state index contributed by atoms with van der Waals surface area (Å²) in [4.78, 5) is 14.6. The lowest BCUT2D eigenvalue weighted by atomic mass is 10.3. The van der Waals surface area contributed by atoms with Crippen molar-refractivity contribution < 1.29 is 4.79 Å². The first-order chi connectivity index (χ1) is 11.7. The third kappa shape index (κ3) is 2.58. The second-order valence-corrected chi connectivity index (χ2v) is 5.87. The van der Waals surface area contributed by atoms with Crippen LogP contribution in [0, 0.1) is 6.92 Å². The van der Waals surface area contributed by atoms with Crippen molar-refractivity contribution >= 4 is 5.91 Å². The Hall–Kier alpha value is -2.96. The Morgan fingerprint density at radius 2 is 1.92 bits per heavy atom. The lowest BCUT2D eigenvalue weighted by Crippen LogP contribution is -2.33. The Morgan fingerprint density at radius 1 is 1.08 bits per heavy atom. The van der Waals surface area contributed by atoms with E-state index < -0.39 is 0 Å². The normalized spacial score (nSPS) is 14.3. The van der Waals surface area contributed by atoms with E-state index in [0.29, 0.717) is 18.7 Å². The second-order valence-electron chi connectivity index (χ2n) is 5.87. The van der Waals surface area contributed by atoms with E-state index in [1.165, 1.54) is 0 Å². The first-order valence-electron chi connectivity index (χ1n) is 8.00. The van der Waals surface area contributed by atoms with Crippen LogP contribution < -0.4 is 0 Å². The summed E-state index contributed by atoms with van der Waals surface area (Å²) >= 11 is 0. The monoisotopic (exact) mass is 322 g/mol. The molecule has 0 unspecified atom stereocenters. The van der Waals surface area contributed by atoms with Crippen molar-refractivity contribution in [3.8, 4) is 5.69 Å². The molecule has 24 heavy (non-hydrogen) atoms. The highest BCUT2D eigenvalue weighted by atomic mass is 16.2. The Kier molecular flexibility index (Phi) is 3.60. The summed E-state index contributed by atoms with van der Waals surface area (Å²) in [6, 6.07) is 9.77. The van der Waals surface area contributed by atoms with E-state index in [-0.39, 0.29) is 5.91 Å². The van der Waals surface area contributed by atoms with E-state index in [1.807, 2.05) is 42.2 Å². The molecule has 0 radical (unpaired) electrons. The Balaban J connectivity index is 1.52. The predicted molar refractivity (Wildman–Crippen MR) is 87.9 cm³/mol. The van der Waals surface area contributed by atoms with Gasteiger partial charge in [-0.25, -0.2) is 4.68 Å². The van der Waals surface area contributed by atoms with Crippen LogP contribution in [0.2, 0.25) is 0 Å². The lowest BCUT2D eigenvalue weighted by molar-refractivity contribution is 0.0758. The maximum atomic E-state index is 12.8. The van der Waals surface area contributed by atoms with Gasteiger partial charge in [0.15, 0.2) is 0 Å². The van der Waals surface area contributed by atoms with Gasteiger partial charge < -0.3 is 9.47 Å². The fraction of sp³-hybridized carbons (Fsp3) is 0.294. The van der Waals surface area contributed by atoms with Gasteiger partial charge in [-0.2, -0.15) is 5.10 Å². The molecular weight excluding hydrogens is 304 g/mol. The molecule has 7 heteroatoms.